The van der Waals surface area contributed by atoms with E-state index in [1.807, 2.05) is 13.8 Å². The maximum absolute atomic E-state index is 12.7. The first-order valence-electron chi connectivity index (χ1n) is 7.89. The maximum atomic E-state index is 12.7. The number of morpholine rings is 1. The van der Waals surface area contributed by atoms with Gasteiger partial charge in [-0.15, -0.1) is 0 Å². The summed E-state index contributed by atoms with van der Waals surface area (Å²) in [6.07, 6.45) is -0.00884. The largest absolute Gasteiger partial charge is 0.371 e. The molecular formula is C16H22N2O4S. The van der Waals surface area contributed by atoms with Gasteiger partial charge in [-0.1, -0.05) is 18.2 Å². The number of benzene rings is 1. The lowest BCUT2D eigenvalue weighted by molar-refractivity contribution is -0.127. The number of carbonyl (C=O) groups excluding carboxylic acids is 1. The van der Waals surface area contributed by atoms with Crippen LogP contribution in [0.2, 0.25) is 0 Å². The average molecular weight is 338 g/mol. The van der Waals surface area contributed by atoms with E-state index in [4.69, 9.17) is 4.74 Å². The second kappa shape index (κ2) is 6.22. The van der Waals surface area contributed by atoms with Crippen molar-refractivity contribution in [2.45, 2.75) is 43.4 Å². The smallest absolute Gasteiger partial charge is 0.243 e. The van der Waals surface area contributed by atoms with E-state index in [9.17, 15) is 13.2 Å². The van der Waals surface area contributed by atoms with Crippen LogP contribution >= 0.6 is 0 Å². The van der Waals surface area contributed by atoms with Gasteiger partial charge in [0.2, 0.25) is 15.9 Å². The molecule has 3 atom stereocenters. The molecule has 1 aromatic rings. The Bertz CT molecular complexity index is 675. The molecule has 2 bridgehead atoms. The fourth-order valence-electron chi connectivity index (χ4n) is 3.23. The van der Waals surface area contributed by atoms with Gasteiger partial charge < -0.3 is 10.1 Å². The molecule has 126 valence electrons. The summed E-state index contributed by atoms with van der Waals surface area (Å²) >= 11 is 0. The van der Waals surface area contributed by atoms with Crippen LogP contribution in [-0.2, 0) is 19.6 Å². The van der Waals surface area contributed by atoms with Crippen molar-refractivity contribution in [1.29, 1.82) is 0 Å². The Labute approximate surface area is 136 Å². The standard InChI is InChI=1S/C16H22N2O4S/c1-11(2)17-16(19)14-8-12-9-18(10-15(14)22-12)23(20,21)13-6-4-3-5-7-13/h3-7,11-12,14-15H,8-10H2,1-2H3,(H,17,19)/t12-,14+,15-/m1/s1. The summed E-state index contributed by atoms with van der Waals surface area (Å²) in [5.41, 5.74) is 0. The van der Waals surface area contributed by atoms with Gasteiger partial charge in [-0.3, -0.25) is 4.79 Å². The Hall–Kier alpha value is -1.44. The number of fused-ring (bicyclic) bond motifs is 2. The summed E-state index contributed by atoms with van der Waals surface area (Å²) in [7, 11) is -3.54. The van der Waals surface area contributed by atoms with Gasteiger partial charge in [0.05, 0.1) is 23.0 Å². The highest BCUT2D eigenvalue weighted by Gasteiger charge is 2.47. The average Bonchev–Trinajstić information content (AvgIpc) is 2.81. The van der Waals surface area contributed by atoms with Crippen LogP contribution in [0.1, 0.15) is 20.3 Å². The van der Waals surface area contributed by atoms with E-state index in [0.717, 1.165) is 0 Å². The van der Waals surface area contributed by atoms with E-state index in [-0.39, 0.29) is 41.5 Å². The second-order valence-electron chi connectivity index (χ2n) is 6.44. The van der Waals surface area contributed by atoms with Crippen LogP contribution in [0, 0.1) is 5.92 Å². The molecule has 1 aromatic carbocycles. The number of carbonyl (C=O) groups is 1. The van der Waals surface area contributed by atoms with Crippen LogP contribution in [0.3, 0.4) is 0 Å². The van der Waals surface area contributed by atoms with Crippen LogP contribution < -0.4 is 5.32 Å². The number of hydrogen-bond acceptors (Lipinski definition) is 4. The van der Waals surface area contributed by atoms with Crippen molar-refractivity contribution >= 4 is 15.9 Å². The van der Waals surface area contributed by atoms with E-state index in [2.05, 4.69) is 5.32 Å². The molecule has 0 unspecified atom stereocenters. The number of amides is 1. The van der Waals surface area contributed by atoms with Crippen LogP contribution in [0.25, 0.3) is 0 Å². The number of hydrogen-bond donors (Lipinski definition) is 1. The molecule has 0 aromatic heterocycles. The summed E-state index contributed by atoms with van der Waals surface area (Å²) in [5, 5.41) is 2.90. The highest BCUT2D eigenvalue weighted by Crippen LogP contribution is 2.34. The first-order chi connectivity index (χ1) is 10.9. The van der Waals surface area contributed by atoms with Gasteiger partial charge in [-0.2, -0.15) is 4.31 Å². The Morgan fingerprint density at radius 2 is 1.96 bits per heavy atom. The van der Waals surface area contributed by atoms with E-state index in [1.165, 1.54) is 4.31 Å². The first-order valence-corrected chi connectivity index (χ1v) is 9.33. The second-order valence-corrected chi connectivity index (χ2v) is 8.38. The van der Waals surface area contributed by atoms with Crippen molar-refractivity contribution in [2.75, 3.05) is 13.1 Å². The SMILES string of the molecule is CC(C)NC(=O)[C@H]1C[C@@H]2CN(S(=O)(=O)c3ccccc3)C[C@H]1O2. The van der Waals surface area contributed by atoms with Gasteiger partial charge in [-0.25, -0.2) is 8.42 Å². The fourth-order valence-corrected chi connectivity index (χ4v) is 4.73. The molecule has 6 nitrogen and oxygen atoms in total. The predicted molar refractivity (Wildman–Crippen MR) is 85.2 cm³/mol. The Morgan fingerprint density at radius 3 is 2.61 bits per heavy atom. The minimum atomic E-state index is -3.54. The Kier molecular flexibility index (Phi) is 4.44. The number of nitrogens with zero attached hydrogens (tertiary/aromatic N) is 1. The zero-order chi connectivity index (χ0) is 16.6. The van der Waals surface area contributed by atoms with Crippen molar-refractivity contribution in [1.82, 2.24) is 9.62 Å². The summed E-state index contributed by atoms with van der Waals surface area (Å²) < 4.78 is 32.7. The zero-order valence-corrected chi connectivity index (χ0v) is 14.1. The minimum Gasteiger partial charge on any atom is -0.371 e. The van der Waals surface area contributed by atoms with Gasteiger partial charge in [0.25, 0.3) is 0 Å². The molecule has 2 saturated heterocycles. The molecule has 2 heterocycles. The van der Waals surface area contributed by atoms with E-state index >= 15 is 0 Å². The topological polar surface area (TPSA) is 75.7 Å². The van der Waals surface area contributed by atoms with Crippen molar-refractivity contribution in [3.05, 3.63) is 30.3 Å². The fraction of sp³-hybridized carbons (Fsp3) is 0.562. The molecule has 0 saturated carbocycles. The summed E-state index contributed by atoms with van der Waals surface area (Å²) in [6, 6.07) is 8.45. The van der Waals surface area contributed by atoms with Crippen LogP contribution in [0.15, 0.2) is 35.2 Å². The molecule has 1 N–H and O–H groups in total. The molecule has 1 amide bonds. The number of sulfonamides is 1. The van der Waals surface area contributed by atoms with Crippen molar-refractivity contribution < 1.29 is 17.9 Å². The lowest BCUT2D eigenvalue weighted by Gasteiger charge is -2.32. The lowest BCUT2D eigenvalue weighted by atomic mass is 9.99. The molecular weight excluding hydrogens is 316 g/mol. The van der Waals surface area contributed by atoms with Crippen LogP contribution in [0.4, 0.5) is 0 Å². The van der Waals surface area contributed by atoms with Crippen LogP contribution in [0.5, 0.6) is 0 Å². The third-order valence-corrected chi connectivity index (χ3v) is 6.12. The highest BCUT2D eigenvalue weighted by atomic mass is 32.2. The molecule has 0 radical (unpaired) electrons. The highest BCUT2D eigenvalue weighted by molar-refractivity contribution is 7.89. The summed E-state index contributed by atoms with van der Waals surface area (Å²) in [6.45, 7) is 4.35. The maximum Gasteiger partial charge on any atom is 0.243 e. The van der Waals surface area contributed by atoms with Crippen molar-refractivity contribution in [3.8, 4) is 0 Å². The molecule has 23 heavy (non-hydrogen) atoms. The Morgan fingerprint density at radius 1 is 1.26 bits per heavy atom. The molecule has 2 aliphatic rings. The third kappa shape index (κ3) is 3.27. The molecule has 0 spiro atoms. The van der Waals surface area contributed by atoms with Crippen LogP contribution in [-0.4, -0.2) is 50.0 Å². The Balaban J connectivity index is 1.76. The lowest BCUT2D eigenvalue weighted by Crippen LogP contribution is -2.48. The first kappa shape index (κ1) is 16.4. The predicted octanol–water partition coefficient (Wildman–Crippen LogP) is 0.989. The van der Waals surface area contributed by atoms with Gasteiger partial charge in [0, 0.05) is 19.1 Å². The summed E-state index contributed by atoms with van der Waals surface area (Å²) in [4.78, 5) is 12.5. The van der Waals surface area contributed by atoms with Crippen molar-refractivity contribution in [3.63, 3.8) is 0 Å². The number of ether oxygens (including phenoxy) is 1. The number of nitrogens with one attached hydrogen (secondary N) is 1. The zero-order valence-electron chi connectivity index (χ0n) is 13.3. The summed E-state index contributed by atoms with van der Waals surface area (Å²) in [5.74, 6) is -0.329. The minimum absolute atomic E-state index is 0.0496. The van der Waals surface area contributed by atoms with Gasteiger partial charge in [0.15, 0.2) is 0 Å². The molecule has 2 aliphatic heterocycles. The molecule has 0 aliphatic carbocycles. The normalized spacial score (nSPS) is 28.0. The molecule has 2 fully saturated rings. The van der Waals surface area contributed by atoms with Gasteiger partial charge >= 0.3 is 0 Å². The van der Waals surface area contributed by atoms with E-state index < -0.39 is 10.0 Å². The molecule has 3 rings (SSSR count). The van der Waals surface area contributed by atoms with Crippen molar-refractivity contribution in [2.24, 2.45) is 5.92 Å². The quantitative estimate of drug-likeness (QED) is 0.888. The number of rotatable bonds is 4. The molecule has 7 heteroatoms. The monoisotopic (exact) mass is 338 g/mol. The van der Waals surface area contributed by atoms with Gasteiger partial charge in [0.1, 0.15) is 0 Å². The third-order valence-electron chi connectivity index (χ3n) is 4.27. The van der Waals surface area contributed by atoms with E-state index in [1.54, 1.807) is 30.3 Å². The van der Waals surface area contributed by atoms with Gasteiger partial charge in [-0.05, 0) is 32.4 Å². The van der Waals surface area contributed by atoms with E-state index in [0.29, 0.717) is 13.0 Å².